The molecule has 4 N–H and O–H groups in total. The molecule has 5 nitrogen and oxygen atoms in total. The molecule has 0 radical (unpaired) electrons. The van der Waals surface area contributed by atoms with Crippen LogP contribution in [0, 0.1) is 0 Å². The van der Waals surface area contributed by atoms with E-state index in [1.165, 1.54) is 122 Å². The largest absolute Gasteiger partial charge is 0.394 e. The van der Waals surface area contributed by atoms with Crippen LogP contribution in [0.2, 0.25) is 0 Å². The van der Waals surface area contributed by atoms with E-state index in [9.17, 15) is 20.1 Å². The van der Waals surface area contributed by atoms with Crippen LogP contribution in [0.3, 0.4) is 0 Å². The molecule has 0 aliphatic heterocycles. The number of rotatable bonds is 34. The summed E-state index contributed by atoms with van der Waals surface area (Å²) >= 11 is 0. The lowest BCUT2D eigenvalue weighted by Crippen LogP contribution is -2.48. The van der Waals surface area contributed by atoms with Crippen molar-refractivity contribution in [3.63, 3.8) is 0 Å². The number of aliphatic hydroxyl groups excluding tert-OH is 3. The van der Waals surface area contributed by atoms with Crippen LogP contribution in [-0.4, -0.2) is 46.1 Å². The van der Waals surface area contributed by atoms with Crippen molar-refractivity contribution >= 4 is 5.91 Å². The normalized spacial score (nSPS) is 14.2. The first kappa shape index (κ1) is 43.6. The number of amides is 1. The highest BCUT2D eigenvalue weighted by Gasteiger charge is 2.22. The Balaban J connectivity index is 3.75. The second-order valence-electron chi connectivity index (χ2n) is 13.1. The van der Waals surface area contributed by atoms with Gasteiger partial charge in [0.25, 0.3) is 0 Å². The third-order valence-corrected chi connectivity index (χ3v) is 8.71. The molecule has 3 atom stereocenters. The minimum Gasteiger partial charge on any atom is -0.394 e. The van der Waals surface area contributed by atoms with E-state index in [2.05, 4.69) is 43.5 Å². The zero-order chi connectivity index (χ0) is 33.1. The van der Waals surface area contributed by atoms with Crippen LogP contribution in [0.4, 0.5) is 0 Å². The summed E-state index contributed by atoms with van der Waals surface area (Å²) in [6.45, 7) is 4.12. The Hall–Kier alpha value is -1.43. The molecule has 45 heavy (non-hydrogen) atoms. The monoisotopic (exact) mass is 634 g/mol. The van der Waals surface area contributed by atoms with Gasteiger partial charge in [0.2, 0.25) is 5.91 Å². The standard InChI is InChI=1S/C40H75NO4/c1-3-5-7-9-11-13-15-17-18-19-20-21-23-25-27-29-31-33-35-39(44)40(45)41-37(36-42)38(43)34-32-30-28-26-24-22-16-14-12-10-8-6-4-2/h12,14,24,26,32,34,37-39,42-44H,3-11,13,15-23,25,27-31,33,35-36H2,1-2H3,(H,41,45)/b14-12+,26-24+,34-32+. The Morgan fingerprint density at radius 3 is 1.36 bits per heavy atom. The van der Waals surface area contributed by atoms with Crippen molar-refractivity contribution in [3.05, 3.63) is 36.5 Å². The third-order valence-electron chi connectivity index (χ3n) is 8.71. The maximum atomic E-state index is 12.4. The van der Waals surface area contributed by atoms with Crippen LogP contribution in [0.25, 0.3) is 0 Å². The zero-order valence-corrected chi connectivity index (χ0v) is 29.7. The SMILES string of the molecule is CCCCC/C=C/CC/C=C/CC/C=C/C(O)C(CO)NC(=O)C(O)CCCCCCCCCCCCCCCCCCCC. The predicted octanol–water partition coefficient (Wildman–Crippen LogP) is 10.4. The number of allylic oxidation sites excluding steroid dienone is 5. The van der Waals surface area contributed by atoms with Crippen molar-refractivity contribution in [2.45, 2.75) is 205 Å². The van der Waals surface area contributed by atoms with Crippen molar-refractivity contribution in [3.8, 4) is 0 Å². The first-order valence-electron chi connectivity index (χ1n) is 19.3. The van der Waals surface area contributed by atoms with Gasteiger partial charge < -0.3 is 20.6 Å². The van der Waals surface area contributed by atoms with Crippen LogP contribution >= 0.6 is 0 Å². The van der Waals surface area contributed by atoms with Crippen molar-refractivity contribution in [1.29, 1.82) is 0 Å². The van der Waals surface area contributed by atoms with Gasteiger partial charge in [0.1, 0.15) is 6.10 Å². The Morgan fingerprint density at radius 1 is 0.533 bits per heavy atom. The molecule has 0 saturated heterocycles. The van der Waals surface area contributed by atoms with Crippen LogP contribution in [0.1, 0.15) is 187 Å². The van der Waals surface area contributed by atoms with Gasteiger partial charge in [0.15, 0.2) is 0 Å². The number of aliphatic hydroxyl groups is 3. The molecule has 0 fully saturated rings. The summed E-state index contributed by atoms with van der Waals surface area (Å²) in [6.07, 6.45) is 43.0. The number of nitrogens with one attached hydrogen (secondary N) is 1. The number of hydrogen-bond donors (Lipinski definition) is 4. The Bertz CT molecular complexity index is 704. The number of unbranched alkanes of at least 4 members (excludes halogenated alkanes) is 22. The molecule has 0 aliphatic carbocycles. The fourth-order valence-corrected chi connectivity index (χ4v) is 5.63. The highest BCUT2D eigenvalue weighted by molar-refractivity contribution is 5.80. The van der Waals surface area contributed by atoms with E-state index in [-0.39, 0.29) is 6.61 Å². The lowest BCUT2D eigenvalue weighted by Gasteiger charge is -2.21. The molecule has 0 aromatic heterocycles. The van der Waals surface area contributed by atoms with Gasteiger partial charge in [-0.25, -0.2) is 0 Å². The van der Waals surface area contributed by atoms with Crippen molar-refractivity contribution in [2.75, 3.05) is 6.61 Å². The van der Waals surface area contributed by atoms with Gasteiger partial charge in [-0.15, -0.1) is 0 Å². The summed E-state index contributed by atoms with van der Waals surface area (Å²) < 4.78 is 0. The average Bonchev–Trinajstić information content (AvgIpc) is 3.04. The van der Waals surface area contributed by atoms with Crippen LogP contribution in [0.15, 0.2) is 36.5 Å². The maximum absolute atomic E-state index is 12.4. The second-order valence-corrected chi connectivity index (χ2v) is 13.1. The lowest BCUT2D eigenvalue weighted by molar-refractivity contribution is -0.131. The predicted molar refractivity (Wildman–Crippen MR) is 194 cm³/mol. The van der Waals surface area contributed by atoms with E-state index >= 15 is 0 Å². The second kappa shape index (κ2) is 35.4. The van der Waals surface area contributed by atoms with Gasteiger partial charge in [0, 0.05) is 0 Å². The van der Waals surface area contributed by atoms with Crippen molar-refractivity contribution in [2.24, 2.45) is 0 Å². The van der Waals surface area contributed by atoms with Gasteiger partial charge in [-0.1, -0.05) is 179 Å². The van der Waals surface area contributed by atoms with Gasteiger partial charge in [0.05, 0.1) is 18.8 Å². The molecule has 1 amide bonds. The molecule has 0 rings (SSSR count). The third kappa shape index (κ3) is 31.0. The molecular formula is C40H75NO4. The Labute approximate surface area is 279 Å². The lowest BCUT2D eigenvalue weighted by atomic mass is 10.0. The van der Waals surface area contributed by atoms with Crippen LogP contribution in [-0.2, 0) is 4.79 Å². The fourth-order valence-electron chi connectivity index (χ4n) is 5.63. The molecule has 0 aromatic rings. The fraction of sp³-hybridized carbons (Fsp3) is 0.825. The highest BCUT2D eigenvalue weighted by atomic mass is 16.3. The van der Waals surface area contributed by atoms with E-state index in [1.807, 2.05) is 6.08 Å². The topological polar surface area (TPSA) is 89.8 Å². The molecule has 0 saturated carbocycles. The summed E-state index contributed by atoms with van der Waals surface area (Å²) in [6, 6.07) is -0.816. The van der Waals surface area contributed by atoms with Gasteiger partial charge >= 0.3 is 0 Å². The summed E-state index contributed by atoms with van der Waals surface area (Å²) in [4.78, 5) is 12.4. The Morgan fingerprint density at radius 2 is 0.911 bits per heavy atom. The highest BCUT2D eigenvalue weighted by Crippen LogP contribution is 2.15. The van der Waals surface area contributed by atoms with E-state index in [0.29, 0.717) is 6.42 Å². The smallest absolute Gasteiger partial charge is 0.249 e. The quantitative estimate of drug-likeness (QED) is 0.0419. The molecule has 0 aliphatic rings. The van der Waals surface area contributed by atoms with Crippen LogP contribution < -0.4 is 5.32 Å². The molecule has 0 aromatic carbocycles. The minimum absolute atomic E-state index is 0.380. The average molecular weight is 634 g/mol. The summed E-state index contributed by atoms with van der Waals surface area (Å²) in [7, 11) is 0. The van der Waals surface area contributed by atoms with E-state index in [4.69, 9.17) is 0 Å². The molecule has 5 heteroatoms. The Kier molecular flexibility index (Phi) is 34.3. The number of carbonyl (C=O) groups excluding carboxylic acids is 1. The van der Waals surface area contributed by atoms with Gasteiger partial charge in [-0.2, -0.15) is 0 Å². The van der Waals surface area contributed by atoms with E-state index in [0.717, 1.165) is 44.9 Å². The number of hydrogen-bond acceptors (Lipinski definition) is 4. The summed E-state index contributed by atoms with van der Waals surface area (Å²) in [5.74, 6) is -0.518. The molecule has 3 unspecified atom stereocenters. The minimum atomic E-state index is -1.10. The molecule has 0 bridgehead atoms. The van der Waals surface area contributed by atoms with Crippen molar-refractivity contribution in [1.82, 2.24) is 5.32 Å². The first-order valence-corrected chi connectivity index (χ1v) is 19.3. The van der Waals surface area contributed by atoms with E-state index < -0.39 is 24.2 Å². The van der Waals surface area contributed by atoms with Gasteiger partial charge in [-0.05, 0) is 44.9 Å². The van der Waals surface area contributed by atoms with Gasteiger partial charge in [-0.3, -0.25) is 4.79 Å². The first-order chi connectivity index (χ1) is 22.1. The number of carbonyl (C=O) groups is 1. The van der Waals surface area contributed by atoms with E-state index in [1.54, 1.807) is 6.08 Å². The molecular weight excluding hydrogens is 558 g/mol. The van der Waals surface area contributed by atoms with Crippen molar-refractivity contribution < 1.29 is 20.1 Å². The summed E-state index contributed by atoms with van der Waals surface area (Å²) in [5, 5.41) is 32.9. The molecule has 264 valence electrons. The zero-order valence-electron chi connectivity index (χ0n) is 29.7. The van der Waals surface area contributed by atoms with Crippen LogP contribution in [0.5, 0.6) is 0 Å². The molecule has 0 spiro atoms. The molecule has 0 heterocycles. The summed E-state index contributed by atoms with van der Waals surface area (Å²) in [5.41, 5.74) is 0. The maximum Gasteiger partial charge on any atom is 0.249 e.